The summed E-state index contributed by atoms with van der Waals surface area (Å²) in [6.45, 7) is 0. The van der Waals surface area contributed by atoms with Gasteiger partial charge in [0.1, 0.15) is 11.6 Å². The van der Waals surface area contributed by atoms with Gasteiger partial charge in [0.2, 0.25) is 5.78 Å². The molecule has 0 bridgehead atoms. The first-order valence-electron chi connectivity index (χ1n) is 11.5. The van der Waals surface area contributed by atoms with Gasteiger partial charge in [0.15, 0.2) is 0 Å². The van der Waals surface area contributed by atoms with Crippen molar-refractivity contribution in [1.29, 1.82) is 5.26 Å². The zero-order chi connectivity index (χ0) is 24.0. The Labute approximate surface area is 205 Å². The lowest BCUT2D eigenvalue weighted by molar-refractivity contribution is 0.104. The first-order valence-corrected chi connectivity index (χ1v) is 11.5. The summed E-state index contributed by atoms with van der Waals surface area (Å²) in [7, 11) is 0. The molecular formula is C31H23N3O. The molecule has 4 aromatic rings. The van der Waals surface area contributed by atoms with Crippen LogP contribution in [0.15, 0.2) is 126 Å². The van der Waals surface area contributed by atoms with Gasteiger partial charge in [-0.3, -0.25) is 9.80 Å². The Morgan fingerprint density at radius 3 is 2.06 bits per heavy atom. The quantitative estimate of drug-likeness (QED) is 0.183. The molecule has 0 saturated carbocycles. The average molecular weight is 454 g/mol. The van der Waals surface area contributed by atoms with E-state index in [9.17, 15) is 10.1 Å². The van der Waals surface area contributed by atoms with Gasteiger partial charge in [-0.05, 0) is 34.9 Å². The first-order chi connectivity index (χ1) is 17.2. The largest absolute Gasteiger partial charge is 0.288 e. The van der Waals surface area contributed by atoms with E-state index in [1.165, 1.54) is 5.56 Å². The number of carbonyl (C=O) groups is 1. The summed E-state index contributed by atoms with van der Waals surface area (Å²) in [5.74, 6) is -0.280. The SMILES string of the molecule is N#C/C(=C\c1ccc(N2N=C(c3ccccc3)CC2c2ccccc2)cc1)C(=O)c1ccccc1. The van der Waals surface area contributed by atoms with Gasteiger partial charge < -0.3 is 0 Å². The Morgan fingerprint density at radius 2 is 1.43 bits per heavy atom. The fourth-order valence-electron chi connectivity index (χ4n) is 4.27. The molecule has 5 rings (SSSR count). The zero-order valence-electron chi connectivity index (χ0n) is 19.1. The number of carbonyl (C=O) groups excluding carboxylic acids is 1. The lowest BCUT2D eigenvalue weighted by atomic mass is 9.98. The Hall–Kier alpha value is -4.75. The van der Waals surface area contributed by atoms with E-state index >= 15 is 0 Å². The minimum atomic E-state index is -0.280. The van der Waals surface area contributed by atoms with Gasteiger partial charge in [0, 0.05) is 12.0 Å². The molecule has 1 atom stereocenters. The lowest BCUT2D eigenvalue weighted by Gasteiger charge is -2.24. The third-order valence-electron chi connectivity index (χ3n) is 6.07. The number of hydrogen-bond donors (Lipinski definition) is 0. The molecule has 4 aromatic carbocycles. The van der Waals surface area contributed by atoms with Crippen LogP contribution in [0.2, 0.25) is 0 Å². The summed E-state index contributed by atoms with van der Waals surface area (Å²) in [6, 6.07) is 39.4. The molecular weight excluding hydrogens is 430 g/mol. The number of ketones is 1. The number of nitriles is 1. The van der Waals surface area contributed by atoms with E-state index in [4.69, 9.17) is 5.10 Å². The molecule has 1 aliphatic rings. The molecule has 0 spiro atoms. The van der Waals surface area contributed by atoms with E-state index < -0.39 is 0 Å². The highest BCUT2D eigenvalue weighted by Crippen LogP contribution is 2.36. The summed E-state index contributed by atoms with van der Waals surface area (Å²) in [4.78, 5) is 12.7. The van der Waals surface area contributed by atoms with Gasteiger partial charge in [0.05, 0.1) is 17.4 Å². The molecule has 0 amide bonds. The molecule has 1 unspecified atom stereocenters. The van der Waals surface area contributed by atoms with Crippen LogP contribution in [0.1, 0.15) is 39.5 Å². The smallest absolute Gasteiger partial charge is 0.203 e. The van der Waals surface area contributed by atoms with Gasteiger partial charge in [-0.15, -0.1) is 0 Å². The van der Waals surface area contributed by atoms with Crippen molar-refractivity contribution in [2.45, 2.75) is 12.5 Å². The highest BCUT2D eigenvalue weighted by Gasteiger charge is 2.29. The van der Waals surface area contributed by atoms with Crippen LogP contribution in [0.25, 0.3) is 6.08 Å². The number of allylic oxidation sites excluding steroid dienone is 1. The summed E-state index contributed by atoms with van der Waals surface area (Å²) in [5, 5.41) is 16.6. The Kier molecular flexibility index (Phi) is 6.32. The minimum absolute atomic E-state index is 0.0853. The van der Waals surface area contributed by atoms with E-state index in [2.05, 4.69) is 47.5 Å². The van der Waals surface area contributed by atoms with Crippen LogP contribution < -0.4 is 5.01 Å². The van der Waals surface area contributed by atoms with Crippen LogP contribution in [-0.4, -0.2) is 11.5 Å². The van der Waals surface area contributed by atoms with Crippen molar-refractivity contribution in [3.05, 3.63) is 143 Å². The van der Waals surface area contributed by atoms with E-state index in [-0.39, 0.29) is 17.4 Å². The highest BCUT2D eigenvalue weighted by atomic mass is 16.1. The second-order valence-corrected chi connectivity index (χ2v) is 8.34. The maximum absolute atomic E-state index is 12.7. The maximum atomic E-state index is 12.7. The molecule has 0 radical (unpaired) electrons. The van der Waals surface area contributed by atoms with Crippen LogP contribution in [-0.2, 0) is 0 Å². The second-order valence-electron chi connectivity index (χ2n) is 8.34. The molecule has 0 fully saturated rings. The summed E-state index contributed by atoms with van der Waals surface area (Å²) >= 11 is 0. The Morgan fingerprint density at radius 1 is 0.829 bits per heavy atom. The van der Waals surface area contributed by atoms with Gasteiger partial charge in [-0.25, -0.2) is 0 Å². The van der Waals surface area contributed by atoms with Crippen LogP contribution in [0, 0.1) is 11.3 Å². The summed E-state index contributed by atoms with van der Waals surface area (Å²) < 4.78 is 0. The zero-order valence-corrected chi connectivity index (χ0v) is 19.1. The van der Waals surface area contributed by atoms with E-state index in [0.717, 1.165) is 28.9 Å². The van der Waals surface area contributed by atoms with Crippen molar-refractivity contribution >= 4 is 23.3 Å². The molecule has 4 heteroatoms. The van der Waals surface area contributed by atoms with Gasteiger partial charge in [-0.1, -0.05) is 103 Å². The number of hydrogen-bond acceptors (Lipinski definition) is 4. The van der Waals surface area contributed by atoms with E-state index in [1.807, 2.05) is 54.6 Å². The van der Waals surface area contributed by atoms with Crippen molar-refractivity contribution in [3.8, 4) is 6.07 Å². The summed E-state index contributed by atoms with van der Waals surface area (Å²) in [5.41, 5.74) is 5.72. The van der Waals surface area contributed by atoms with Crippen LogP contribution in [0.3, 0.4) is 0 Å². The normalized spacial score (nSPS) is 15.4. The monoisotopic (exact) mass is 453 g/mol. The molecule has 0 saturated heterocycles. The second kappa shape index (κ2) is 10.0. The highest BCUT2D eigenvalue weighted by molar-refractivity contribution is 6.14. The molecule has 4 nitrogen and oxygen atoms in total. The van der Waals surface area contributed by atoms with Crippen molar-refractivity contribution in [2.75, 3.05) is 5.01 Å². The average Bonchev–Trinajstić information content (AvgIpc) is 3.39. The lowest BCUT2D eigenvalue weighted by Crippen LogP contribution is -2.18. The molecule has 35 heavy (non-hydrogen) atoms. The number of benzene rings is 4. The topological polar surface area (TPSA) is 56.5 Å². The minimum Gasteiger partial charge on any atom is -0.288 e. The van der Waals surface area contributed by atoms with Crippen LogP contribution in [0.5, 0.6) is 0 Å². The van der Waals surface area contributed by atoms with Crippen LogP contribution in [0.4, 0.5) is 5.69 Å². The third-order valence-corrected chi connectivity index (χ3v) is 6.07. The fraction of sp³-hybridized carbons (Fsp3) is 0.0645. The predicted octanol–water partition coefficient (Wildman–Crippen LogP) is 6.83. The standard InChI is InChI=1S/C31H23N3O/c32-22-27(31(35)26-14-8-3-9-15-26)20-23-16-18-28(19-17-23)34-30(25-12-6-2-7-13-25)21-29(33-34)24-10-4-1-5-11-24/h1-20,30H,21H2/b27-20+. The Balaban J connectivity index is 1.45. The molecule has 0 aromatic heterocycles. The van der Waals surface area contributed by atoms with Crippen molar-refractivity contribution < 1.29 is 4.79 Å². The van der Waals surface area contributed by atoms with Crippen molar-refractivity contribution in [3.63, 3.8) is 0 Å². The number of rotatable bonds is 6. The Bertz CT molecular complexity index is 1420. The van der Waals surface area contributed by atoms with E-state index in [1.54, 1.807) is 30.3 Å². The molecule has 0 N–H and O–H groups in total. The number of hydrazone groups is 1. The molecule has 1 aliphatic heterocycles. The predicted molar refractivity (Wildman–Crippen MR) is 140 cm³/mol. The van der Waals surface area contributed by atoms with Crippen molar-refractivity contribution in [1.82, 2.24) is 0 Å². The van der Waals surface area contributed by atoms with E-state index in [0.29, 0.717) is 5.56 Å². The van der Waals surface area contributed by atoms with Gasteiger partial charge in [-0.2, -0.15) is 10.4 Å². The first kappa shape index (κ1) is 22.1. The molecule has 0 aliphatic carbocycles. The third kappa shape index (κ3) is 4.80. The fourth-order valence-corrected chi connectivity index (χ4v) is 4.27. The van der Waals surface area contributed by atoms with Gasteiger partial charge in [0.25, 0.3) is 0 Å². The molecule has 168 valence electrons. The van der Waals surface area contributed by atoms with Crippen LogP contribution >= 0.6 is 0 Å². The maximum Gasteiger partial charge on any atom is 0.203 e. The number of anilines is 1. The van der Waals surface area contributed by atoms with Gasteiger partial charge >= 0.3 is 0 Å². The summed E-state index contributed by atoms with van der Waals surface area (Å²) in [6.07, 6.45) is 2.44. The number of nitrogens with zero attached hydrogens (tertiary/aromatic N) is 3. The van der Waals surface area contributed by atoms with Crippen molar-refractivity contribution in [2.24, 2.45) is 5.10 Å². The molecule has 1 heterocycles. The number of Topliss-reactive ketones (excluding diaryl/α,β-unsaturated/α-hetero) is 1.